The predicted octanol–water partition coefficient (Wildman–Crippen LogP) is 18.4. The van der Waals surface area contributed by atoms with Crippen molar-refractivity contribution in [2.75, 3.05) is 0 Å². The Hall–Kier alpha value is -9.41. The molecule has 0 saturated carbocycles. The molecule has 10 heteroatoms. The summed E-state index contributed by atoms with van der Waals surface area (Å²) < 4.78 is 1.18. The predicted molar refractivity (Wildman–Crippen MR) is 352 cm³/mol. The van der Waals surface area contributed by atoms with Crippen molar-refractivity contribution in [3.05, 3.63) is 236 Å². The van der Waals surface area contributed by atoms with Crippen LogP contribution >= 0.6 is 22.6 Å². The summed E-state index contributed by atoms with van der Waals surface area (Å²) in [4.78, 5) is 34.6. The maximum Gasteiger partial charge on any atom is 0.129 e. The number of benzene rings is 4. The highest BCUT2D eigenvalue weighted by Crippen LogP contribution is 2.39. The number of fused-ring (bicyclic) bond motifs is 16. The SMILES string of the molecule is C1=Cc2cc3ccc(cc4ccc(cc5nc(cc1n2)C=C5)[nH]4)[nH]3.Cc1ccc(-c2c3nc(c(-c4ccc(C#C[Si](C)(C)C)cc4)c4ccc([nH]4)c(-c4ccc(C)cc4)c4nc(c(-c5ccc(I)cc5)c5ccc2[nH]5)C=C4)C=C3)cc1. The monoisotopic (exact) mass is 1170 g/mol. The van der Waals surface area contributed by atoms with Crippen molar-refractivity contribution in [1.82, 2.24) is 39.9 Å². The number of rotatable bonds is 4. The topological polar surface area (TPSA) is 115 Å². The number of nitrogens with one attached hydrogen (secondary N) is 4. The summed E-state index contributed by atoms with van der Waals surface area (Å²) in [6.07, 6.45) is 16.7. The Bertz CT molecular complexity index is 4550. The van der Waals surface area contributed by atoms with Crippen LogP contribution in [0.1, 0.15) is 62.2 Å². The summed E-state index contributed by atoms with van der Waals surface area (Å²) in [6.45, 7) is 11.1. The van der Waals surface area contributed by atoms with E-state index in [1.807, 2.05) is 42.5 Å². The fourth-order valence-electron chi connectivity index (χ4n) is 10.4. The molecule has 10 aromatic rings. The summed E-state index contributed by atoms with van der Waals surface area (Å²) in [5, 5.41) is 0. The van der Waals surface area contributed by atoms with E-state index in [1.165, 1.54) is 14.7 Å². The second-order valence-electron chi connectivity index (χ2n) is 21.7. The van der Waals surface area contributed by atoms with Crippen LogP contribution in [0.25, 0.3) is 137 Å². The van der Waals surface area contributed by atoms with E-state index in [2.05, 4.69) is 273 Å². The van der Waals surface area contributed by atoms with Gasteiger partial charge in [0, 0.05) is 75.5 Å². The molecule has 0 radical (unpaired) electrons. The van der Waals surface area contributed by atoms with Gasteiger partial charge in [-0.25, -0.2) is 19.9 Å². The Balaban J connectivity index is 0.000000213. The summed E-state index contributed by atoms with van der Waals surface area (Å²) in [6, 6.07) is 59.9. The van der Waals surface area contributed by atoms with Crippen LogP contribution in [-0.2, 0) is 0 Å². The van der Waals surface area contributed by atoms with Crippen molar-refractivity contribution < 1.29 is 0 Å². The van der Waals surface area contributed by atoms with Crippen molar-refractivity contribution in [3.63, 3.8) is 0 Å². The number of hydrogen-bond acceptors (Lipinski definition) is 4. The fraction of sp³-hybridized carbons (Fsp3) is 0.0704. The van der Waals surface area contributed by atoms with Gasteiger partial charge in [-0.3, -0.25) is 0 Å². The van der Waals surface area contributed by atoms with E-state index < -0.39 is 8.07 Å². The van der Waals surface area contributed by atoms with Crippen LogP contribution in [0.15, 0.2) is 170 Å². The van der Waals surface area contributed by atoms with Crippen molar-refractivity contribution in [1.29, 1.82) is 0 Å². The Morgan fingerprint density at radius 1 is 0.346 bits per heavy atom. The molecule has 0 aliphatic carbocycles. The van der Waals surface area contributed by atoms with Gasteiger partial charge in [0.25, 0.3) is 0 Å². The van der Waals surface area contributed by atoms with E-state index in [0.717, 1.165) is 140 Å². The number of H-pyrrole nitrogens is 4. The number of aromatic nitrogens is 8. The lowest BCUT2D eigenvalue weighted by molar-refractivity contribution is 1.28. The molecule has 0 atom stereocenters. The third-order valence-corrected chi connectivity index (χ3v) is 16.0. The van der Waals surface area contributed by atoms with Gasteiger partial charge in [-0.05, 0) is 204 Å². The normalized spacial score (nSPS) is 12.3. The van der Waals surface area contributed by atoms with E-state index in [4.69, 9.17) is 9.97 Å². The van der Waals surface area contributed by atoms with Crippen LogP contribution in [0.4, 0.5) is 0 Å². The van der Waals surface area contributed by atoms with Crippen LogP contribution in [0.3, 0.4) is 0 Å². The maximum absolute atomic E-state index is 5.46. The van der Waals surface area contributed by atoms with Crippen LogP contribution in [0.5, 0.6) is 0 Å². The van der Waals surface area contributed by atoms with Gasteiger partial charge in [-0.2, -0.15) is 0 Å². The Morgan fingerprint density at radius 2 is 0.679 bits per heavy atom. The van der Waals surface area contributed by atoms with E-state index in [-0.39, 0.29) is 0 Å². The van der Waals surface area contributed by atoms with Crippen molar-refractivity contribution >= 4 is 123 Å². The van der Waals surface area contributed by atoms with Crippen molar-refractivity contribution in [3.8, 4) is 56.0 Å². The molecule has 81 heavy (non-hydrogen) atoms. The first-order valence-electron chi connectivity index (χ1n) is 27.1. The molecule has 8 nitrogen and oxygen atoms in total. The summed E-state index contributed by atoms with van der Waals surface area (Å²) in [7, 11) is -1.52. The number of halogens is 1. The van der Waals surface area contributed by atoms with Gasteiger partial charge in [0.2, 0.25) is 0 Å². The smallest absolute Gasteiger partial charge is 0.129 e. The molecule has 4 aliphatic heterocycles. The molecular formula is C71H55IN8Si. The minimum Gasteiger partial charge on any atom is -0.355 e. The molecular weight excluding hydrogens is 1120 g/mol. The van der Waals surface area contributed by atoms with Crippen molar-refractivity contribution in [2.45, 2.75) is 33.5 Å². The zero-order chi connectivity index (χ0) is 55.2. The van der Waals surface area contributed by atoms with Crippen LogP contribution in [-0.4, -0.2) is 47.9 Å². The second-order valence-corrected chi connectivity index (χ2v) is 27.7. The zero-order valence-electron chi connectivity index (χ0n) is 45.5. The van der Waals surface area contributed by atoms with Gasteiger partial charge in [-0.15, -0.1) is 5.54 Å². The van der Waals surface area contributed by atoms with E-state index >= 15 is 0 Å². The average Bonchev–Trinajstić information content (AvgIpc) is 4.35. The molecule has 0 saturated heterocycles. The number of hydrogen-bond donors (Lipinski definition) is 4. The summed E-state index contributed by atoms with van der Waals surface area (Å²) in [5.41, 5.74) is 30.8. The van der Waals surface area contributed by atoms with Crippen LogP contribution in [0.2, 0.25) is 19.6 Å². The highest BCUT2D eigenvalue weighted by atomic mass is 127. The Morgan fingerprint density at radius 3 is 1.05 bits per heavy atom. The molecule has 0 unspecified atom stereocenters. The van der Waals surface area contributed by atoms with Gasteiger partial charge in [0.05, 0.1) is 45.6 Å². The number of nitrogens with zero attached hydrogens (tertiary/aromatic N) is 4. The first-order chi connectivity index (χ1) is 39.4. The Labute approximate surface area is 485 Å². The van der Waals surface area contributed by atoms with Gasteiger partial charge in [-0.1, -0.05) is 109 Å². The highest BCUT2D eigenvalue weighted by Gasteiger charge is 2.20. The molecule has 0 amide bonds. The molecule has 4 aromatic carbocycles. The maximum atomic E-state index is 5.46. The largest absolute Gasteiger partial charge is 0.355 e. The fourth-order valence-corrected chi connectivity index (χ4v) is 11.3. The third-order valence-electron chi connectivity index (χ3n) is 14.4. The van der Waals surface area contributed by atoms with Crippen molar-refractivity contribution in [2.24, 2.45) is 0 Å². The highest BCUT2D eigenvalue weighted by molar-refractivity contribution is 14.1. The van der Waals surface area contributed by atoms with Gasteiger partial charge >= 0.3 is 0 Å². The molecule has 390 valence electrons. The lowest BCUT2D eigenvalue weighted by atomic mass is 10.0. The first-order valence-corrected chi connectivity index (χ1v) is 31.7. The second kappa shape index (κ2) is 21.3. The molecule has 14 rings (SSSR count). The number of aromatic amines is 4. The lowest BCUT2D eigenvalue weighted by Gasteiger charge is -2.08. The molecule has 0 fully saturated rings. The first kappa shape index (κ1) is 51.1. The van der Waals surface area contributed by atoms with Gasteiger partial charge in [0.1, 0.15) is 8.07 Å². The molecule has 0 spiro atoms. The summed E-state index contributed by atoms with van der Waals surface area (Å²) >= 11 is 2.37. The quantitative estimate of drug-likeness (QED) is 0.0798. The molecule has 4 aliphatic rings. The average molecular weight is 1180 g/mol. The Kier molecular flexibility index (Phi) is 13.4. The molecule has 16 bridgehead atoms. The minimum atomic E-state index is -1.52. The van der Waals surface area contributed by atoms with Crippen LogP contribution in [0, 0.1) is 28.9 Å². The van der Waals surface area contributed by atoms with Crippen LogP contribution < -0.4 is 0 Å². The lowest BCUT2D eigenvalue weighted by Crippen LogP contribution is -2.16. The minimum absolute atomic E-state index is 0.888. The number of aryl methyl sites for hydroxylation is 2. The molecule has 10 heterocycles. The van der Waals surface area contributed by atoms with E-state index in [9.17, 15) is 0 Å². The van der Waals surface area contributed by atoms with E-state index in [1.54, 1.807) is 0 Å². The van der Waals surface area contributed by atoms with Gasteiger partial charge in [0.15, 0.2) is 0 Å². The molecule has 4 N–H and O–H groups in total. The van der Waals surface area contributed by atoms with Gasteiger partial charge < -0.3 is 19.9 Å². The zero-order valence-corrected chi connectivity index (χ0v) is 48.6. The molecule has 6 aromatic heterocycles. The standard InChI is InChI=1S/C51H41IN4Si.C20H14N4/c1-32-6-12-35(13-7-32)48-40-22-26-44(53-40)50(37-16-10-34(11-17-37)30-31-57(3,4)5)45-27-23-41(54-45)49(36-14-8-33(2)9-15-36)43-25-29-47(56-43)51(46-28-24-42(48)55-46)38-18-20-39(52)21-19-38;1-2-14-10-16-5-6-18(23-16)12-20-8-7-19(24-20)11-17-4-3-15(22-17)9-13(1)21-14/h6-29,53,56H,1-5H3;1-12,21-22H. The summed E-state index contributed by atoms with van der Waals surface area (Å²) in [5.74, 6) is 3.43. The van der Waals surface area contributed by atoms with E-state index in [0.29, 0.717) is 0 Å². The third kappa shape index (κ3) is 11.1.